The Morgan fingerprint density at radius 3 is 2.71 bits per heavy atom. The van der Waals surface area contributed by atoms with Crippen molar-refractivity contribution in [1.82, 2.24) is 4.31 Å². The Morgan fingerprint density at radius 2 is 2.00 bits per heavy atom. The molecule has 1 aromatic carbocycles. The fourth-order valence-electron chi connectivity index (χ4n) is 1.38. The largest absolute Gasteiger partial charge is 0.359 e. The molecule has 4 nitrogen and oxygen atoms in total. The molecule has 0 atom stereocenters. The number of hydrogen-bond acceptors (Lipinski definition) is 2. The topological polar surface area (TPSA) is 57.6 Å². The van der Waals surface area contributed by atoms with E-state index >= 15 is 0 Å². The lowest BCUT2D eigenvalue weighted by Crippen LogP contribution is -2.26. The van der Waals surface area contributed by atoms with E-state index in [4.69, 9.17) is 4.55 Å². The molecule has 2 rings (SSSR count). The summed E-state index contributed by atoms with van der Waals surface area (Å²) >= 11 is 0. The van der Waals surface area contributed by atoms with Crippen LogP contribution in [0, 0.1) is 0 Å². The lowest BCUT2D eigenvalue weighted by molar-refractivity contribution is 0.401. The Bertz CT molecular complexity index is 479. The zero-order valence-corrected chi connectivity index (χ0v) is 8.11. The molecule has 0 amide bonds. The fourth-order valence-corrected chi connectivity index (χ4v) is 1.90. The molecule has 0 fully saturated rings. The van der Waals surface area contributed by atoms with Gasteiger partial charge in [0, 0.05) is 6.20 Å². The van der Waals surface area contributed by atoms with Gasteiger partial charge in [-0.3, -0.25) is 8.86 Å². The van der Waals surface area contributed by atoms with Crippen LogP contribution in [0.5, 0.6) is 0 Å². The average molecular weight is 211 g/mol. The van der Waals surface area contributed by atoms with Crippen molar-refractivity contribution in [2.45, 2.75) is 6.54 Å². The predicted molar refractivity (Wildman–Crippen MR) is 52.6 cm³/mol. The van der Waals surface area contributed by atoms with Gasteiger partial charge in [0.25, 0.3) is 0 Å². The maximum absolute atomic E-state index is 10.8. The summed E-state index contributed by atoms with van der Waals surface area (Å²) < 4.78 is 31.4. The molecule has 0 spiro atoms. The van der Waals surface area contributed by atoms with Crippen LogP contribution in [0.15, 0.2) is 30.5 Å². The van der Waals surface area contributed by atoms with Gasteiger partial charge < -0.3 is 0 Å². The van der Waals surface area contributed by atoms with E-state index in [1.165, 1.54) is 6.20 Å². The minimum absolute atomic E-state index is 0.186. The van der Waals surface area contributed by atoms with Gasteiger partial charge in [-0.25, -0.2) is 0 Å². The summed E-state index contributed by atoms with van der Waals surface area (Å²) in [5, 5.41) is 0. The van der Waals surface area contributed by atoms with Crippen molar-refractivity contribution in [3.8, 4) is 0 Å². The third-order valence-corrected chi connectivity index (χ3v) is 2.94. The molecular weight excluding hydrogens is 202 g/mol. The Balaban J connectivity index is 2.40. The van der Waals surface area contributed by atoms with Crippen LogP contribution in [0.3, 0.4) is 0 Å². The summed E-state index contributed by atoms with van der Waals surface area (Å²) in [6, 6.07) is 7.44. The molecule has 0 saturated carbocycles. The van der Waals surface area contributed by atoms with Crippen molar-refractivity contribution in [2.24, 2.45) is 0 Å². The van der Waals surface area contributed by atoms with Gasteiger partial charge in [0.2, 0.25) is 0 Å². The van der Waals surface area contributed by atoms with Gasteiger partial charge in [0.15, 0.2) is 0 Å². The molecule has 0 saturated heterocycles. The SMILES string of the molecule is O=S(=O)(O)N1C=Cc2ccccc2C1. The van der Waals surface area contributed by atoms with Crippen LogP contribution in [-0.4, -0.2) is 17.3 Å². The summed E-state index contributed by atoms with van der Waals surface area (Å²) in [5.41, 5.74) is 1.86. The molecule has 1 aliphatic heterocycles. The molecule has 5 heteroatoms. The Kier molecular flexibility index (Phi) is 2.05. The van der Waals surface area contributed by atoms with Gasteiger partial charge in [-0.1, -0.05) is 24.3 Å². The van der Waals surface area contributed by atoms with E-state index in [0.717, 1.165) is 15.4 Å². The maximum atomic E-state index is 10.8. The molecular formula is C9H9NO3S. The summed E-state index contributed by atoms with van der Waals surface area (Å²) in [5.74, 6) is 0. The Hall–Kier alpha value is -1.33. The molecule has 14 heavy (non-hydrogen) atoms. The second-order valence-electron chi connectivity index (χ2n) is 3.04. The lowest BCUT2D eigenvalue weighted by Gasteiger charge is -2.21. The minimum Gasteiger partial charge on any atom is -0.269 e. The first-order valence-electron chi connectivity index (χ1n) is 4.08. The summed E-state index contributed by atoms with van der Waals surface area (Å²) in [6.07, 6.45) is 3.02. The number of benzene rings is 1. The van der Waals surface area contributed by atoms with Crippen LogP contribution in [0.25, 0.3) is 6.08 Å². The summed E-state index contributed by atoms with van der Waals surface area (Å²) in [6.45, 7) is 0.186. The number of rotatable bonds is 1. The Labute approximate surface area is 82.4 Å². The highest BCUT2D eigenvalue weighted by Gasteiger charge is 2.18. The van der Waals surface area contributed by atoms with Gasteiger partial charge in [0.1, 0.15) is 0 Å². The van der Waals surface area contributed by atoms with Gasteiger partial charge in [-0.2, -0.15) is 8.42 Å². The first-order chi connectivity index (χ1) is 6.57. The number of hydrogen-bond donors (Lipinski definition) is 1. The molecule has 0 radical (unpaired) electrons. The second kappa shape index (κ2) is 3.11. The molecule has 0 bridgehead atoms. The molecule has 1 aliphatic rings. The van der Waals surface area contributed by atoms with Crippen molar-refractivity contribution in [1.29, 1.82) is 0 Å². The van der Waals surface area contributed by atoms with Crippen LogP contribution < -0.4 is 0 Å². The predicted octanol–water partition coefficient (Wildman–Crippen LogP) is 1.28. The van der Waals surface area contributed by atoms with E-state index in [1.807, 2.05) is 24.3 Å². The van der Waals surface area contributed by atoms with Crippen molar-refractivity contribution in [3.63, 3.8) is 0 Å². The third-order valence-electron chi connectivity index (χ3n) is 2.10. The van der Waals surface area contributed by atoms with Gasteiger partial charge in [0.05, 0.1) is 6.54 Å². The highest BCUT2D eigenvalue weighted by molar-refractivity contribution is 7.83. The van der Waals surface area contributed by atoms with Gasteiger partial charge in [-0.15, -0.1) is 0 Å². The quantitative estimate of drug-likeness (QED) is 0.712. The van der Waals surface area contributed by atoms with E-state index in [9.17, 15) is 8.42 Å². The first kappa shape index (κ1) is 9.23. The zero-order valence-electron chi connectivity index (χ0n) is 7.29. The van der Waals surface area contributed by atoms with E-state index < -0.39 is 10.3 Å². The van der Waals surface area contributed by atoms with Crippen molar-refractivity contribution in [2.75, 3.05) is 0 Å². The smallest absolute Gasteiger partial charge is 0.269 e. The fraction of sp³-hybridized carbons (Fsp3) is 0.111. The van der Waals surface area contributed by atoms with Gasteiger partial charge in [-0.05, 0) is 17.2 Å². The minimum atomic E-state index is -4.12. The van der Waals surface area contributed by atoms with Crippen molar-refractivity contribution in [3.05, 3.63) is 41.6 Å². The molecule has 1 heterocycles. The number of fused-ring (bicyclic) bond motifs is 1. The van der Waals surface area contributed by atoms with Crippen LogP contribution in [-0.2, 0) is 16.8 Å². The summed E-state index contributed by atoms with van der Waals surface area (Å²) in [7, 11) is -4.12. The van der Waals surface area contributed by atoms with Gasteiger partial charge >= 0.3 is 10.3 Å². The highest BCUT2D eigenvalue weighted by Crippen LogP contribution is 2.20. The van der Waals surface area contributed by atoms with E-state index in [-0.39, 0.29) is 6.54 Å². The standard InChI is InChI=1S/C9H9NO3S/c11-14(12,13)10-6-5-8-3-1-2-4-9(8)7-10/h1-6H,7H2,(H,11,12,13). The van der Waals surface area contributed by atoms with Crippen molar-refractivity contribution >= 4 is 16.4 Å². The van der Waals surface area contributed by atoms with Crippen LogP contribution in [0.1, 0.15) is 11.1 Å². The van der Waals surface area contributed by atoms with E-state index in [0.29, 0.717) is 0 Å². The van der Waals surface area contributed by atoms with Crippen molar-refractivity contribution < 1.29 is 13.0 Å². The lowest BCUT2D eigenvalue weighted by atomic mass is 10.1. The molecule has 0 aromatic heterocycles. The Morgan fingerprint density at radius 1 is 1.29 bits per heavy atom. The second-order valence-corrected chi connectivity index (χ2v) is 4.40. The summed E-state index contributed by atoms with van der Waals surface area (Å²) in [4.78, 5) is 0. The molecule has 1 N–H and O–H groups in total. The molecule has 0 aliphatic carbocycles. The molecule has 74 valence electrons. The first-order valence-corrected chi connectivity index (χ1v) is 5.47. The molecule has 0 unspecified atom stereocenters. The van der Waals surface area contributed by atoms with E-state index in [2.05, 4.69) is 0 Å². The monoisotopic (exact) mass is 211 g/mol. The number of nitrogens with zero attached hydrogens (tertiary/aromatic N) is 1. The zero-order chi connectivity index (χ0) is 10.2. The highest BCUT2D eigenvalue weighted by atomic mass is 32.2. The van der Waals surface area contributed by atoms with Crippen LogP contribution in [0.2, 0.25) is 0 Å². The van der Waals surface area contributed by atoms with Crippen LogP contribution >= 0.6 is 0 Å². The van der Waals surface area contributed by atoms with E-state index in [1.54, 1.807) is 6.08 Å². The average Bonchev–Trinajstić information content (AvgIpc) is 2.16. The maximum Gasteiger partial charge on any atom is 0.359 e. The third kappa shape index (κ3) is 1.64. The molecule has 1 aromatic rings. The normalized spacial score (nSPS) is 15.4. The van der Waals surface area contributed by atoms with Crippen LogP contribution in [0.4, 0.5) is 0 Å².